The van der Waals surface area contributed by atoms with E-state index < -0.39 is 5.97 Å². The smallest absolute Gasteiger partial charge is 0.303 e. The highest BCUT2D eigenvalue weighted by Gasteiger charge is 2.11. The second-order valence-electron chi connectivity index (χ2n) is 6.58. The van der Waals surface area contributed by atoms with Gasteiger partial charge in [-0.25, -0.2) is 0 Å². The van der Waals surface area contributed by atoms with Crippen molar-refractivity contribution in [3.8, 4) is 0 Å². The van der Waals surface area contributed by atoms with Crippen LogP contribution in [0.15, 0.2) is 0 Å². The van der Waals surface area contributed by atoms with Gasteiger partial charge in [-0.2, -0.15) is 0 Å². The lowest BCUT2D eigenvalue weighted by atomic mass is 9.93. The minimum Gasteiger partial charge on any atom is -0.481 e. The first-order valence-electron chi connectivity index (χ1n) is 9.42. The molecular weight excluding hydrogens is 260 g/mol. The fraction of sp³-hybridized carbons (Fsp3) is 0.947. The predicted octanol–water partition coefficient (Wildman–Crippen LogP) is 6.58. The van der Waals surface area contributed by atoms with Crippen LogP contribution in [0, 0.1) is 5.92 Å². The quantitative estimate of drug-likeness (QED) is 0.327. The van der Waals surface area contributed by atoms with Gasteiger partial charge in [-0.15, -0.1) is 0 Å². The summed E-state index contributed by atoms with van der Waals surface area (Å²) in [6.07, 6.45) is 18.6. The van der Waals surface area contributed by atoms with Crippen molar-refractivity contribution < 1.29 is 9.90 Å². The molecule has 0 aliphatic heterocycles. The van der Waals surface area contributed by atoms with Crippen LogP contribution < -0.4 is 0 Å². The number of unbranched alkanes of at least 4 members (excludes halogenated alkanes) is 10. The summed E-state index contributed by atoms with van der Waals surface area (Å²) in [7, 11) is 0. The Bertz CT molecular complexity index is 226. The minimum absolute atomic E-state index is 0.367. The summed E-state index contributed by atoms with van der Waals surface area (Å²) in [5.74, 6) is -0.220. The van der Waals surface area contributed by atoms with E-state index in [0.717, 1.165) is 19.3 Å². The van der Waals surface area contributed by atoms with Crippen molar-refractivity contribution >= 4 is 5.97 Å². The molecule has 0 radical (unpaired) electrons. The molecule has 0 aliphatic rings. The molecule has 1 atom stereocenters. The zero-order valence-corrected chi connectivity index (χ0v) is 14.5. The topological polar surface area (TPSA) is 37.3 Å². The van der Waals surface area contributed by atoms with Crippen molar-refractivity contribution in [1.82, 2.24) is 0 Å². The molecular formula is C19H38O2. The predicted molar refractivity (Wildman–Crippen MR) is 91.7 cm³/mol. The van der Waals surface area contributed by atoms with E-state index in [4.69, 9.17) is 5.11 Å². The first kappa shape index (κ1) is 20.5. The zero-order chi connectivity index (χ0) is 15.8. The van der Waals surface area contributed by atoms with Gasteiger partial charge in [0.15, 0.2) is 0 Å². The van der Waals surface area contributed by atoms with Gasteiger partial charge >= 0.3 is 5.97 Å². The number of carbonyl (C=O) groups is 1. The maximum absolute atomic E-state index is 10.8. The van der Waals surface area contributed by atoms with Gasteiger partial charge in [0.25, 0.3) is 0 Å². The van der Waals surface area contributed by atoms with Gasteiger partial charge < -0.3 is 5.11 Å². The van der Waals surface area contributed by atoms with Crippen molar-refractivity contribution in [1.29, 1.82) is 0 Å². The Labute approximate surface area is 132 Å². The van der Waals surface area contributed by atoms with E-state index in [1.165, 1.54) is 70.6 Å². The van der Waals surface area contributed by atoms with Crippen LogP contribution in [0.1, 0.15) is 110 Å². The maximum atomic E-state index is 10.8. The van der Waals surface area contributed by atoms with Crippen molar-refractivity contribution in [2.75, 3.05) is 0 Å². The third kappa shape index (κ3) is 15.7. The van der Waals surface area contributed by atoms with E-state index >= 15 is 0 Å². The van der Waals surface area contributed by atoms with Crippen molar-refractivity contribution in [2.45, 2.75) is 110 Å². The highest BCUT2D eigenvalue weighted by Crippen LogP contribution is 2.20. The first-order chi connectivity index (χ1) is 10.2. The van der Waals surface area contributed by atoms with E-state index in [1.54, 1.807) is 0 Å². The summed E-state index contributed by atoms with van der Waals surface area (Å²) < 4.78 is 0. The molecule has 0 saturated heterocycles. The third-order valence-corrected chi connectivity index (χ3v) is 4.38. The Hall–Kier alpha value is -0.530. The molecule has 0 saturated carbocycles. The number of carboxylic acid groups (broad SMARTS) is 1. The second kappa shape index (κ2) is 15.9. The first-order valence-corrected chi connectivity index (χ1v) is 9.42. The highest BCUT2D eigenvalue weighted by atomic mass is 16.4. The molecule has 0 spiro atoms. The van der Waals surface area contributed by atoms with Crippen LogP contribution in [-0.2, 0) is 4.79 Å². The number of hydrogen-bond donors (Lipinski definition) is 1. The third-order valence-electron chi connectivity index (χ3n) is 4.38. The van der Waals surface area contributed by atoms with Crippen LogP contribution in [0.2, 0.25) is 0 Å². The Morgan fingerprint density at radius 2 is 1.19 bits per heavy atom. The molecule has 0 aromatic heterocycles. The van der Waals surface area contributed by atoms with Gasteiger partial charge in [0.1, 0.15) is 0 Å². The molecule has 2 nitrogen and oxygen atoms in total. The molecule has 126 valence electrons. The average molecular weight is 299 g/mol. The van der Waals surface area contributed by atoms with E-state index in [1.807, 2.05) is 0 Å². The van der Waals surface area contributed by atoms with Crippen LogP contribution in [0.25, 0.3) is 0 Å². The van der Waals surface area contributed by atoms with E-state index in [-0.39, 0.29) is 0 Å². The molecule has 1 N–H and O–H groups in total. The highest BCUT2D eigenvalue weighted by molar-refractivity contribution is 5.66. The summed E-state index contributed by atoms with van der Waals surface area (Å²) in [5.41, 5.74) is 0. The molecule has 0 heterocycles. The second-order valence-corrected chi connectivity index (χ2v) is 6.58. The molecule has 0 amide bonds. The summed E-state index contributed by atoms with van der Waals surface area (Å²) in [4.78, 5) is 10.8. The molecule has 0 aliphatic carbocycles. The van der Waals surface area contributed by atoms with Gasteiger partial charge in [0, 0.05) is 6.42 Å². The SMILES string of the molecule is CCCCCCCCCCCCCC(CCC)CC(=O)O. The molecule has 1 unspecified atom stereocenters. The van der Waals surface area contributed by atoms with Crippen LogP contribution in [0.5, 0.6) is 0 Å². The lowest BCUT2D eigenvalue weighted by Crippen LogP contribution is -2.07. The summed E-state index contributed by atoms with van der Waals surface area (Å²) in [6, 6.07) is 0. The minimum atomic E-state index is -0.628. The lowest BCUT2D eigenvalue weighted by Gasteiger charge is -2.13. The van der Waals surface area contributed by atoms with Crippen molar-refractivity contribution in [3.05, 3.63) is 0 Å². The summed E-state index contributed by atoms with van der Waals surface area (Å²) in [6.45, 7) is 4.41. The zero-order valence-electron chi connectivity index (χ0n) is 14.5. The normalized spacial score (nSPS) is 12.5. The van der Waals surface area contributed by atoms with Crippen LogP contribution in [0.3, 0.4) is 0 Å². The van der Waals surface area contributed by atoms with Crippen LogP contribution in [-0.4, -0.2) is 11.1 Å². The van der Waals surface area contributed by atoms with Crippen molar-refractivity contribution in [2.24, 2.45) is 5.92 Å². The van der Waals surface area contributed by atoms with E-state index in [9.17, 15) is 4.79 Å². The van der Waals surface area contributed by atoms with E-state index in [0.29, 0.717) is 12.3 Å². The van der Waals surface area contributed by atoms with E-state index in [2.05, 4.69) is 13.8 Å². The molecule has 0 rings (SSSR count). The number of rotatable bonds is 16. The van der Waals surface area contributed by atoms with Gasteiger partial charge in [0.05, 0.1) is 0 Å². The standard InChI is InChI=1S/C19H38O2/c1-3-5-6-7-8-9-10-11-12-13-14-16-18(15-4-2)17-19(20)21/h18H,3-17H2,1-2H3,(H,20,21). The Balaban J connectivity index is 3.31. The van der Waals surface area contributed by atoms with Crippen molar-refractivity contribution in [3.63, 3.8) is 0 Å². The van der Waals surface area contributed by atoms with Gasteiger partial charge in [0.2, 0.25) is 0 Å². The molecule has 0 fully saturated rings. The van der Waals surface area contributed by atoms with Crippen LogP contribution in [0.4, 0.5) is 0 Å². The lowest BCUT2D eigenvalue weighted by molar-refractivity contribution is -0.138. The molecule has 0 aromatic rings. The Morgan fingerprint density at radius 1 is 0.714 bits per heavy atom. The molecule has 0 aromatic carbocycles. The molecule has 21 heavy (non-hydrogen) atoms. The fourth-order valence-electron chi connectivity index (χ4n) is 3.10. The number of aliphatic carboxylic acids is 1. The number of carboxylic acids is 1. The Morgan fingerprint density at radius 3 is 1.62 bits per heavy atom. The van der Waals surface area contributed by atoms with Gasteiger partial charge in [-0.3, -0.25) is 4.79 Å². The molecule has 2 heteroatoms. The number of hydrogen-bond acceptors (Lipinski definition) is 1. The fourth-order valence-corrected chi connectivity index (χ4v) is 3.10. The average Bonchev–Trinajstić information content (AvgIpc) is 2.44. The monoisotopic (exact) mass is 298 g/mol. The Kier molecular flexibility index (Phi) is 15.5. The van der Waals surface area contributed by atoms with Crippen LogP contribution >= 0.6 is 0 Å². The van der Waals surface area contributed by atoms with Gasteiger partial charge in [-0.05, 0) is 12.3 Å². The molecule has 0 bridgehead atoms. The maximum Gasteiger partial charge on any atom is 0.303 e. The van der Waals surface area contributed by atoms with Gasteiger partial charge in [-0.1, -0.05) is 97.3 Å². The summed E-state index contributed by atoms with van der Waals surface area (Å²) in [5, 5.41) is 8.89. The largest absolute Gasteiger partial charge is 0.481 e. The summed E-state index contributed by atoms with van der Waals surface area (Å²) >= 11 is 0.